The van der Waals surface area contributed by atoms with Gasteiger partial charge in [-0.25, -0.2) is 9.07 Å². The highest BCUT2D eigenvalue weighted by molar-refractivity contribution is 5.74. The van der Waals surface area contributed by atoms with Gasteiger partial charge >= 0.3 is 0 Å². The van der Waals surface area contributed by atoms with Crippen molar-refractivity contribution in [2.45, 2.75) is 58.9 Å². The number of nitrogens with zero attached hydrogens (tertiary/aromatic N) is 2. The first-order valence-corrected chi connectivity index (χ1v) is 10.6. The molecular formula is C25H29FN2O2. The average molecular weight is 409 g/mol. The summed E-state index contributed by atoms with van der Waals surface area (Å²) in [5, 5.41) is 15.1. The molecule has 3 aromatic rings. The average Bonchev–Trinajstić information content (AvgIpc) is 2.73. The minimum Gasteiger partial charge on any atom is -0.507 e. The van der Waals surface area contributed by atoms with Gasteiger partial charge in [-0.15, -0.1) is 0 Å². The fourth-order valence-corrected chi connectivity index (χ4v) is 4.04. The molecule has 0 aliphatic carbocycles. The van der Waals surface area contributed by atoms with Gasteiger partial charge < -0.3 is 5.11 Å². The first-order chi connectivity index (χ1) is 14.5. The van der Waals surface area contributed by atoms with E-state index in [-0.39, 0.29) is 23.2 Å². The molecule has 1 atom stereocenters. The summed E-state index contributed by atoms with van der Waals surface area (Å²) in [4.78, 5) is 13.5. The van der Waals surface area contributed by atoms with Crippen LogP contribution in [0.5, 0.6) is 5.75 Å². The molecule has 1 heterocycles. The molecule has 0 fully saturated rings. The lowest BCUT2D eigenvalue weighted by Gasteiger charge is -2.21. The third-order valence-corrected chi connectivity index (χ3v) is 5.55. The van der Waals surface area contributed by atoms with Gasteiger partial charge in [0.15, 0.2) is 0 Å². The van der Waals surface area contributed by atoms with E-state index in [1.54, 1.807) is 28.9 Å². The molecular weight excluding hydrogens is 379 g/mol. The summed E-state index contributed by atoms with van der Waals surface area (Å²) in [5.41, 5.74) is 3.30. The van der Waals surface area contributed by atoms with Crippen LogP contribution < -0.4 is 5.56 Å². The van der Waals surface area contributed by atoms with Crippen molar-refractivity contribution in [1.82, 2.24) is 9.78 Å². The van der Waals surface area contributed by atoms with E-state index in [4.69, 9.17) is 0 Å². The van der Waals surface area contributed by atoms with Gasteiger partial charge in [0.1, 0.15) is 11.6 Å². The zero-order valence-corrected chi connectivity index (χ0v) is 17.9. The highest BCUT2D eigenvalue weighted by Gasteiger charge is 2.21. The van der Waals surface area contributed by atoms with E-state index in [1.165, 1.54) is 12.1 Å². The zero-order chi connectivity index (χ0) is 21.7. The summed E-state index contributed by atoms with van der Waals surface area (Å²) in [5.74, 6) is -0.169. The molecule has 1 aromatic heterocycles. The maximum atomic E-state index is 13.6. The van der Waals surface area contributed by atoms with Gasteiger partial charge in [-0.1, -0.05) is 50.6 Å². The second kappa shape index (κ2) is 9.70. The number of phenolic OH excluding ortho intramolecular Hbond substituents is 1. The van der Waals surface area contributed by atoms with Crippen molar-refractivity contribution in [1.29, 1.82) is 0 Å². The highest BCUT2D eigenvalue weighted by atomic mass is 19.1. The molecule has 0 bridgehead atoms. The van der Waals surface area contributed by atoms with E-state index in [0.29, 0.717) is 35.2 Å². The summed E-state index contributed by atoms with van der Waals surface area (Å²) < 4.78 is 15.2. The van der Waals surface area contributed by atoms with Gasteiger partial charge in [-0.2, -0.15) is 5.10 Å². The molecule has 0 saturated heterocycles. The van der Waals surface area contributed by atoms with Crippen molar-refractivity contribution in [3.05, 3.63) is 81.5 Å². The molecule has 2 aromatic carbocycles. The Bertz CT molecular complexity index is 1070. The molecule has 1 unspecified atom stereocenters. The summed E-state index contributed by atoms with van der Waals surface area (Å²) in [6, 6.07) is 13.5. The zero-order valence-electron chi connectivity index (χ0n) is 17.9. The molecule has 4 nitrogen and oxygen atoms in total. The molecule has 0 saturated carbocycles. The van der Waals surface area contributed by atoms with Crippen molar-refractivity contribution in [2.24, 2.45) is 0 Å². The summed E-state index contributed by atoms with van der Waals surface area (Å²) >= 11 is 0. The molecule has 30 heavy (non-hydrogen) atoms. The third-order valence-electron chi connectivity index (χ3n) is 5.55. The van der Waals surface area contributed by atoms with Crippen LogP contribution in [0, 0.1) is 12.7 Å². The maximum Gasteiger partial charge on any atom is 0.270 e. The van der Waals surface area contributed by atoms with Crippen LogP contribution in [0.15, 0.2) is 53.3 Å². The van der Waals surface area contributed by atoms with Gasteiger partial charge in [-0.3, -0.25) is 4.79 Å². The smallest absolute Gasteiger partial charge is 0.270 e. The number of aromatic nitrogens is 2. The third kappa shape index (κ3) is 4.61. The predicted octanol–water partition coefficient (Wildman–Crippen LogP) is 5.60. The molecule has 3 rings (SSSR count). The van der Waals surface area contributed by atoms with Crippen LogP contribution in [-0.4, -0.2) is 14.9 Å². The Labute approximate surface area is 177 Å². The monoisotopic (exact) mass is 408 g/mol. The molecule has 0 amide bonds. The Morgan fingerprint density at radius 1 is 1.10 bits per heavy atom. The lowest BCUT2D eigenvalue weighted by atomic mass is 9.94. The number of hydrogen-bond donors (Lipinski definition) is 1. The number of aromatic hydroxyl groups is 1. The Kier molecular flexibility index (Phi) is 7.03. The quantitative estimate of drug-likeness (QED) is 0.528. The molecule has 5 heteroatoms. The van der Waals surface area contributed by atoms with E-state index >= 15 is 0 Å². The van der Waals surface area contributed by atoms with Gasteiger partial charge in [-0.05, 0) is 56.4 Å². The Balaban J connectivity index is 2.15. The standard InChI is InChI=1S/C25H29FN2O2/c1-4-9-20(5-2)28-25(30)22(15-14-18-10-8-11-19(26)16-18)24(17(3)27-28)21-12-6-7-13-23(21)29/h6-8,10-13,16,20,29H,4-5,9,14-15H2,1-3H3. The second-order valence-electron chi connectivity index (χ2n) is 7.69. The topological polar surface area (TPSA) is 55.1 Å². The Morgan fingerprint density at radius 3 is 2.53 bits per heavy atom. The van der Waals surface area contributed by atoms with Gasteiger partial charge in [0, 0.05) is 16.7 Å². The lowest BCUT2D eigenvalue weighted by Crippen LogP contribution is -2.32. The molecule has 0 aliphatic rings. The fourth-order valence-electron chi connectivity index (χ4n) is 4.04. The summed E-state index contributed by atoms with van der Waals surface area (Å²) in [6.45, 7) is 6.04. The van der Waals surface area contributed by atoms with Crippen molar-refractivity contribution < 1.29 is 9.50 Å². The highest BCUT2D eigenvalue weighted by Crippen LogP contribution is 2.33. The first kappa shape index (κ1) is 21.8. The van der Waals surface area contributed by atoms with Gasteiger partial charge in [0.05, 0.1) is 11.7 Å². The largest absolute Gasteiger partial charge is 0.507 e. The first-order valence-electron chi connectivity index (χ1n) is 10.6. The number of rotatable bonds is 8. The number of benzene rings is 2. The van der Waals surface area contributed by atoms with E-state index in [2.05, 4.69) is 18.9 Å². The number of aryl methyl sites for hydroxylation is 2. The van der Waals surface area contributed by atoms with E-state index in [0.717, 1.165) is 24.8 Å². The van der Waals surface area contributed by atoms with Crippen LogP contribution in [0.1, 0.15) is 56.0 Å². The molecule has 158 valence electrons. The number of hydrogen-bond acceptors (Lipinski definition) is 3. The minimum absolute atomic E-state index is 0.0348. The lowest BCUT2D eigenvalue weighted by molar-refractivity contribution is 0.387. The van der Waals surface area contributed by atoms with Crippen molar-refractivity contribution in [3.63, 3.8) is 0 Å². The van der Waals surface area contributed by atoms with Gasteiger partial charge in [0.2, 0.25) is 0 Å². The van der Waals surface area contributed by atoms with Crippen LogP contribution in [0.3, 0.4) is 0 Å². The van der Waals surface area contributed by atoms with Crippen molar-refractivity contribution in [3.8, 4) is 16.9 Å². The SMILES string of the molecule is CCCC(CC)n1nc(C)c(-c2ccccc2O)c(CCc2cccc(F)c2)c1=O. The van der Waals surface area contributed by atoms with Crippen molar-refractivity contribution >= 4 is 0 Å². The van der Waals surface area contributed by atoms with Crippen LogP contribution in [0.25, 0.3) is 11.1 Å². The van der Waals surface area contributed by atoms with E-state index in [1.807, 2.05) is 19.1 Å². The normalized spacial score (nSPS) is 12.1. The Morgan fingerprint density at radius 2 is 1.87 bits per heavy atom. The van der Waals surface area contributed by atoms with Crippen LogP contribution in [-0.2, 0) is 12.8 Å². The molecule has 0 aliphatic heterocycles. The minimum atomic E-state index is -0.286. The molecule has 0 radical (unpaired) electrons. The van der Waals surface area contributed by atoms with E-state index in [9.17, 15) is 14.3 Å². The fraction of sp³-hybridized carbons (Fsp3) is 0.360. The van der Waals surface area contributed by atoms with Gasteiger partial charge in [0.25, 0.3) is 5.56 Å². The Hall–Kier alpha value is -2.95. The second-order valence-corrected chi connectivity index (χ2v) is 7.69. The van der Waals surface area contributed by atoms with Crippen molar-refractivity contribution in [2.75, 3.05) is 0 Å². The van der Waals surface area contributed by atoms with E-state index < -0.39 is 0 Å². The van der Waals surface area contributed by atoms with Crippen LogP contribution in [0.4, 0.5) is 4.39 Å². The molecule has 0 spiro atoms. The summed E-state index contributed by atoms with van der Waals surface area (Å²) in [7, 11) is 0. The van der Waals surface area contributed by atoms with Crippen LogP contribution in [0.2, 0.25) is 0 Å². The van der Waals surface area contributed by atoms with Crippen LogP contribution >= 0.6 is 0 Å². The number of phenols is 1. The number of para-hydroxylation sites is 1. The predicted molar refractivity (Wildman–Crippen MR) is 118 cm³/mol. The molecule has 1 N–H and O–H groups in total. The number of halogens is 1. The summed E-state index contributed by atoms with van der Waals surface area (Å²) in [6.07, 6.45) is 3.63. The maximum absolute atomic E-state index is 13.6.